The van der Waals surface area contributed by atoms with Crippen LogP contribution in [0.15, 0.2) is 12.7 Å². The first-order chi connectivity index (χ1) is 7.00. The molecule has 0 bridgehead atoms. The van der Waals surface area contributed by atoms with Gasteiger partial charge in [-0.3, -0.25) is 0 Å². The Morgan fingerprint density at radius 1 is 1.20 bits per heavy atom. The molecule has 0 heterocycles. The van der Waals surface area contributed by atoms with Crippen LogP contribution in [0.25, 0.3) is 0 Å². The summed E-state index contributed by atoms with van der Waals surface area (Å²) < 4.78 is -0.614. The summed E-state index contributed by atoms with van der Waals surface area (Å²) in [6.45, 7) is 3.68. The monoisotopic (exact) mass is 436 g/mol. The second-order valence-corrected chi connectivity index (χ2v) is 9.35. The number of hydrogen-bond acceptors (Lipinski definition) is 1. The third kappa shape index (κ3) is 8.47. The van der Waals surface area contributed by atoms with Gasteiger partial charge in [-0.15, -0.1) is 6.58 Å². The Bertz CT molecular complexity index is 203. The van der Waals surface area contributed by atoms with Crippen molar-refractivity contribution in [2.24, 2.45) is 0 Å². The quantitative estimate of drug-likeness (QED) is 0.249. The van der Waals surface area contributed by atoms with Gasteiger partial charge in [0.05, 0.1) is 0 Å². The number of hydrogen-bond donors (Lipinski definition) is 1. The van der Waals surface area contributed by atoms with Gasteiger partial charge in [0.2, 0.25) is 0 Å². The molecule has 0 aliphatic rings. The van der Waals surface area contributed by atoms with Gasteiger partial charge in [0.15, 0.2) is 1.43 Å². The fourth-order valence-corrected chi connectivity index (χ4v) is 2.04. The summed E-state index contributed by atoms with van der Waals surface area (Å²) in [6, 6.07) is 0. The van der Waals surface area contributed by atoms with E-state index in [0.717, 1.165) is 25.7 Å². The first-order valence-electron chi connectivity index (χ1n) is 5.23. The normalized spacial score (nSPS) is 11.3. The lowest BCUT2D eigenvalue weighted by Crippen LogP contribution is -2.23. The largest absolute Gasteiger partial charge is 0.480 e. The molecule has 0 amide bonds. The molecule has 0 aliphatic heterocycles. The van der Waals surface area contributed by atoms with Crippen LogP contribution in [-0.4, -0.2) is 12.5 Å². The second-order valence-electron chi connectivity index (χ2n) is 3.60. The zero-order chi connectivity index (χ0) is 11.7. The van der Waals surface area contributed by atoms with E-state index in [1.54, 1.807) is 0 Å². The molecule has 2 nitrogen and oxygen atoms in total. The summed E-state index contributed by atoms with van der Waals surface area (Å²) in [5, 5.41) is 8.89. The van der Waals surface area contributed by atoms with Crippen molar-refractivity contribution in [2.45, 2.75) is 46.4 Å². The summed E-state index contributed by atoms with van der Waals surface area (Å²) in [6.07, 6.45) is 9.59. The van der Waals surface area contributed by atoms with Crippen LogP contribution >= 0.6 is 45.2 Å². The van der Waals surface area contributed by atoms with Gasteiger partial charge in [-0.25, -0.2) is 4.79 Å². The molecular weight excluding hydrogens is 418 g/mol. The first kappa shape index (κ1) is 15.7. The number of halogens is 2. The highest BCUT2D eigenvalue weighted by Gasteiger charge is 2.30. The second kappa shape index (κ2) is 8.78. The number of carbonyl (C=O) groups is 1. The van der Waals surface area contributed by atoms with Crippen LogP contribution in [0.1, 0.15) is 44.9 Å². The summed E-state index contributed by atoms with van der Waals surface area (Å²) >= 11 is 4.03. The van der Waals surface area contributed by atoms with Crippen LogP contribution in [0.4, 0.5) is 0 Å². The van der Waals surface area contributed by atoms with Crippen LogP contribution in [0.2, 0.25) is 0 Å². The Hall–Kier alpha value is 0.670. The lowest BCUT2D eigenvalue weighted by atomic mass is 10.1. The van der Waals surface area contributed by atoms with Crippen LogP contribution in [0.3, 0.4) is 0 Å². The molecule has 0 saturated carbocycles. The number of carboxylic acid groups (broad SMARTS) is 1. The molecule has 0 unspecified atom stereocenters. The van der Waals surface area contributed by atoms with Crippen LogP contribution < -0.4 is 0 Å². The zero-order valence-electron chi connectivity index (χ0n) is 8.85. The number of rotatable bonds is 9. The molecule has 0 radical (unpaired) electrons. The van der Waals surface area contributed by atoms with E-state index in [1.807, 2.05) is 51.3 Å². The highest BCUT2D eigenvalue weighted by atomic mass is 127. The van der Waals surface area contributed by atoms with Crippen molar-refractivity contribution in [3.8, 4) is 0 Å². The fourth-order valence-electron chi connectivity index (χ4n) is 1.27. The smallest absolute Gasteiger partial charge is 0.329 e. The molecule has 0 saturated heterocycles. The van der Waals surface area contributed by atoms with Crippen molar-refractivity contribution in [1.82, 2.24) is 0 Å². The number of aliphatic carboxylic acids is 1. The van der Waals surface area contributed by atoms with Gasteiger partial charge in [0, 0.05) is 0 Å². The Labute approximate surface area is 119 Å². The van der Waals surface area contributed by atoms with Gasteiger partial charge in [-0.2, -0.15) is 0 Å². The van der Waals surface area contributed by atoms with E-state index in [-0.39, 0.29) is 0 Å². The maximum Gasteiger partial charge on any atom is 0.329 e. The molecule has 0 aliphatic carbocycles. The fraction of sp³-hybridized carbons (Fsp3) is 0.727. The number of alkyl halides is 2. The average molecular weight is 436 g/mol. The van der Waals surface area contributed by atoms with Crippen molar-refractivity contribution in [3.05, 3.63) is 12.7 Å². The van der Waals surface area contributed by atoms with Crippen molar-refractivity contribution in [3.63, 3.8) is 0 Å². The van der Waals surface area contributed by atoms with E-state index in [9.17, 15) is 4.79 Å². The minimum absolute atomic E-state index is 0.614. The highest BCUT2D eigenvalue weighted by molar-refractivity contribution is 14.2. The van der Waals surface area contributed by atoms with Gasteiger partial charge < -0.3 is 5.11 Å². The van der Waals surface area contributed by atoms with Crippen LogP contribution in [0.5, 0.6) is 0 Å². The van der Waals surface area contributed by atoms with Crippen molar-refractivity contribution >= 4 is 51.2 Å². The molecule has 4 heteroatoms. The summed E-state index contributed by atoms with van der Waals surface area (Å²) in [5.74, 6) is -0.713. The molecule has 0 aromatic carbocycles. The molecule has 0 aromatic heterocycles. The van der Waals surface area contributed by atoms with Gasteiger partial charge in [-0.1, -0.05) is 76.9 Å². The third-order valence-electron chi connectivity index (χ3n) is 2.21. The number of unbranched alkanes of at least 4 members (excludes halogenated alkanes) is 5. The van der Waals surface area contributed by atoms with Crippen LogP contribution in [0, 0.1) is 0 Å². The molecule has 1 N–H and O–H groups in total. The van der Waals surface area contributed by atoms with E-state index >= 15 is 0 Å². The molecule has 0 spiro atoms. The van der Waals surface area contributed by atoms with E-state index < -0.39 is 7.40 Å². The van der Waals surface area contributed by atoms with Crippen molar-refractivity contribution < 1.29 is 9.90 Å². The zero-order valence-corrected chi connectivity index (χ0v) is 13.2. The lowest BCUT2D eigenvalue weighted by Gasteiger charge is -2.14. The standard InChI is InChI=1S/C11H18I2O2/c1-2-3-4-5-6-7-8-9-11(12,13)10(14)15/h2H,1,3-9H2,(H,14,15). The SMILES string of the molecule is C=CCCCCCCCC(I)(I)C(=O)O. The highest BCUT2D eigenvalue weighted by Crippen LogP contribution is 2.33. The Balaban J connectivity index is 3.38. The predicted octanol–water partition coefficient (Wildman–Crippen LogP) is 4.55. The first-order valence-corrected chi connectivity index (χ1v) is 7.38. The van der Waals surface area contributed by atoms with Crippen molar-refractivity contribution in [1.29, 1.82) is 0 Å². The molecule has 0 rings (SSSR count). The van der Waals surface area contributed by atoms with E-state index in [0.29, 0.717) is 0 Å². The Morgan fingerprint density at radius 2 is 1.73 bits per heavy atom. The summed E-state index contributed by atoms with van der Waals surface area (Å²) in [5.41, 5.74) is 0. The van der Waals surface area contributed by atoms with E-state index in [2.05, 4.69) is 6.58 Å². The van der Waals surface area contributed by atoms with Gasteiger partial charge in [-0.05, 0) is 19.3 Å². The van der Waals surface area contributed by atoms with E-state index in [4.69, 9.17) is 5.11 Å². The maximum atomic E-state index is 10.8. The topological polar surface area (TPSA) is 37.3 Å². The summed E-state index contributed by atoms with van der Waals surface area (Å²) in [4.78, 5) is 10.8. The predicted molar refractivity (Wildman–Crippen MR) is 80.9 cm³/mol. The van der Waals surface area contributed by atoms with Gasteiger partial charge in [0.1, 0.15) is 0 Å². The molecule has 15 heavy (non-hydrogen) atoms. The lowest BCUT2D eigenvalue weighted by molar-refractivity contribution is -0.136. The molecule has 88 valence electrons. The minimum atomic E-state index is -0.713. The Morgan fingerprint density at radius 3 is 2.27 bits per heavy atom. The maximum absolute atomic E-state index is 10.8. The molecule has 0 fully saturated rings. The van der Waals surface area contributed by atoms with Gasteiger partial charge >= 0.3 is 5.97 Å². The Kier molecular flexibility index (Phi) is 9.17. The average Bonchev–Trinajstić information content (AvgIpc) is 2.16. The minimum Gasteiger partial charge on any atom is -0.480 e. The van der Waals surface area contributed by atoms with Crippen LogP contribution in [-0.2, 0) is 4.79 Å². The summed E-state index contributed by atoms with van der Waals surface area (Å²) in [7, 11) is 0. The molecular formula is C11H18I2O2. The number of allylic oxidation sites excluding steroid dienone is 1. The third-order valence-corrected chi connectivity index (χ3v) is 4.21. The molecule has 0 aromatic rings. The van der Waals surface area contributed by atoms with Gasteiger partial charge in [0.25, 0.3) is 0 Å². The number of carboxylic acids is 1. The van der Waals surface area contributed by atoms with E-state index in [1.165, 1.54) is 19.3 Å². The molecule has 0 atom stereocenters. The van der Waals surface area contributed by atoms with Crippen molar-refractivity contribution in [2.75, 3.05) is 0 Å².